The molecule has 160 valence electrons. The normalized spacial score (nSPS) is 15.9. The Morgan fingerprint density at radius 3 is 2.52 bits per heavy atom. The molecule has 0 aliphatic carbocycles. The van der Waals surface area contributed by atoms with Gasteiger partial charge in [-0.05, 0) is 43.7 Å². The van der Waals surface area contributed by atoms with E-state index in [4.69, 9.17) is 13.9 Å². The van der Waals surface area contributed by atoms with E-state index in [1.807, 2.05) is 45.9 Å². The third-order valence-corrected chi connectivity index (χ3v) is 5.93. The fourth-order valence-electron chi connectivity index (χ4n) is 3.74. The SMILES string of the molecule is C=CC(C)(C)c1cc2cc3c(cc2oc1=O)O[C@@H](C(C)(C)OC(=O)c1ccccc1)C3. The number of carbonyl (C=O) groups is 1. The number of allylic oxidation sites excluding steroid dienone is 1. The van der Waals surface area contributed by atoms with E-state index in [1.165, 1.54) is 0 Å². The van der Waals surface area contributed by atoms with Crippen LogP contribution in [0.15, 0.2) is 70.4 Å². The molecule has 0 N–H and O–H groups in total. The van der Waals surface area contributed by atoms with Crippen LogP contribution in [-0.2, 0) is 16.6 Å². The highest BCUT2D eigenvalue weighted by atomic mass is 16.6. The molecule has 5 nitrogen and oxygen atoms in total. The molecule has 5 heteroatoms. The number of esters is 1. The zero-order chi connectivity index (χ0) is 22.4. The van der Waals surface area contributed by atoms with Crippen molar-refractivity contribution in [2.75, 3.05) is 0 Å². The maximum Gasteiger partial charge on any atom is 0.340 e. The third kappa shape index (κ3) is 3.88. The quantitative estimate of drug-likeness (QED) is 0.324. The summed E-state index contributed by atoms with van der Waals surface area (Å²) in [4.78, 5) is 25.0. The number of hydrogen-bond acceptors (Lipinski definition) is 5. The van der Waals surface area contributed by atoms with Gasteiger partial charge in [-0.15, -0.1) is 6.58 Å². The summed E-state index contributed by atoms with van der Waals surface area (Å²) in [5.74, 6) is 0.248. The molecule has 1 aliphatic heterocycles. The molecule has 0 fully saturated rings. The maximum atomic E-state index is 12.5. The van der Waals surface area contributed by atoms with E-state index in [1.54, 1.807) is 36.4 Å². The smallest absolute Gasteiger partial charge is 0.340 e. The Hall–Kier alpha value is -3.34. The van der Waals surface area contributed by atoms with Gasteiger partial charge in [0, 0.05) is 28.9 Å². The lowest BCUT2D eigenvalue weighted by Crippen LogP contribution is -2.43. The molecule has 1 atom stereocenters. The lowest BCUT2D eigenvalue weighted by molar-refractivity contribution is -0.0517. The molecule has 2 aromatic carbocycles. The summed E-state index contributed by atoms with van der Waals surface area (Å²) in [6.45, 7) is 11.4. The molecule has 0 bridgehead atoms. The third-order valence-electron chi connectivity index (χ3n) is 5.93. The molecule has 0 radical (unpaired) electrons. The summed E-state index contributed by atoms with van der Waals surface area (Å²) >= 11 is 0. The van der Waals surface area contributed by atoms with Crippen molar-refractivity contribution in [2.45, 2.75) is 51.2 Å². The number of rotatable bonds is 5. The summed E-state index contributed by atoms with van der Waals surface area (Å²) in [6.07, 6.45) is 1.96. The molecule has 0 amide bonds. The second kappa shape index (κ2) is 7.41. The fourth-order valence-corrected chi connectivity index (χ4v) is 3.74. The predicted octanol–water partition coefficient (Wildman–Crippen LogP) is 5.20. The minimum absolute atomic E-state index is 0.359. The van der Waals surface area contributed by atoms with Crippen molar-refractivity contribution in [3.8, 4) is 5.75 Å². The molecule has 1 aliphatic rings. The standard InChI is InChI=1S/C26H26O5/c1-6-25(2,3)19-13-17-12-18-14-22(29-20(18)15-21(17)30-24(19)28)26(4,5)31-23(27)16-10-8-7-9-11-16/h6-13,15,22H,1,14H2,2-5H3/t22-/m1/s1. The molecule has 0 saturated heterocycles. The average molecular weight is 418 g/mol. The van der Waals surface area contributed by atoms with Crippen LogP contribution in [0.2, 0.25) is 0 Å². The van der Waals surface area contributed by atoms with Gasteiger partial charge < -0.3 is 13.9 Å². The summed E-state index contributed by atoms with van der Waals surface area (Å²) in [6, 6.07) is 14.5. The van der Waals surface area contributed by atoms with Crippen molar-refractivity contribution >= 4 is 16.9 Å². The van der Waals surface area contributed by atoms with Gasteiger partial charge >= 0.3 is 11.6 Å². The zero-order valence-corrected chi connectivity index (χ0v) is 18.2. The molecule has 4 rings (SSSR count). The molecule has 1 aromatic heterocycles. The van der Waals surface area contributed by atoms with Crippen molar-refractivity contribution in [2.24, 2.45) is 0 Å². The van der Waals surface area contributed by atoms with Crippen LogP contribution in [-0.4, -0.2) is 17.7 Å². The molecule has 0 saturated carbocycles. The first-order valence-electron chi connectivity index (χ1n) is 10.3. The highest BCUT2D eigenvalue weighted by Gasteiger charge is 2.40. The van der Waals surface area contributed by atoms with Crippen molar-refractivity contribution < 1.29 is 18.7 Å². The van der Waals surface area contributed by atoms with Crippen LogP contribution in [0.25, 0.3) is 11.0 Å². The Balaban J connectivity index is 1.62. The topological polar surface area (TPSA) is 65.7 Å². The molecule has 2 heterocycles. The Bertz CT molecular complexity index is 1220. The molecular weight excluding hydrogens is 392 g/mol. The predicted molar refractivity (Wildman–Crippen MR) is 120 cm³/mol. The van der Waals surface area contributed by atoms with Crippen molar-refractivity contribution in [3.05, 3.63) is 88.3 Å². The molecule has 0 unspecified atom stereocenters. The summed E-state index contributed by atoms with van der Waals surface area (Å²) in [5, 5.41) is 0.826. The van der Waals surface area contributed by atoms with Crippen LogP contribution in [0.1, 0.15) is 49.2 Å². The van der Waals surface area contributed by atoms with Gasteiger partial charge in [0.2, 0.25) is 0 Å². The van der Waals surface area contributed by atoms with Crippen LogP contribution in [0, 0.1) is 0 Å². The van der Waals surface area contributed by atoms with E-state index in [9.17, 15) is 9.59 Å². The number of ether oxygens (including phenoxy) is 2. The van der Waals surface area contributed by atoms with Gasteiger partial charge in [0.25, 0.3) is 0 Å². The first-order valence-corrected chi connectivity index (χ1v) is 10.3. The number of fused-ring (bicyclic) bond motifs is 2. The number of carbonyl (C=O) groups excluding carboxylic acids is 1. The van der Waals surface area contributed by atoms with Gasteiger partial charge in [-0.1, -0.05) is 38.1 Å². The summed E-state index contributed by atoms with van der Waals surface area (Å²) < 4.78 is 17.5. The van der Waals surface area contributed by atoms with Gasteiger partial charge in [0.15, 0.2) is 0 Å². The second-order valence-electron chi connectivity index (χ2n) is 9.04. The van der Waals surface area contributed by atoms with E-state index in [2.05, 4.69) is 6.58 Å². The summed E-state index contributed by atoms with van der Waals surface area (Å²) in [5.41, 5.74) is 0.766. The maximum absolute atomic E-state index is 12.5. The van der Waals surface area contributed by atoms with Crippen LogP contribution in [0.3, 0.4) is 0 Å². The van der Waals surface area contributed by atoms with Crippen LogP contribution < -0.4 is 10.4 Å². The highest BCUT2D eigenvalue weighted by Crippen LogP contribution is 2.38. The summed E-state index contributed by atoms with van der Waals surface area (Å²) in [7, 11) is 0. The van der Waals surface area contributed by atoms with Gasteiger partial charge in [-0.3, -0.25) is 0 Å². The van der Waals surface area contributed by atoms with Crippen molar-refractivity contribution in [3.63, 3.8) is 0 Å². The molecule has 31 heavy (non-hydrogen) atoms. The van der Waals surface area contributed by atoms with E-state index >= 15 is 0 Å². The van der Waals surface area contributed by atoms with Gasteiger partial charge in [-0.25, -0.2) is 9.59 Å². The second-order valence-corrected chi connectivity index (χ2v) is 9.04. The average Bonchev–Trinajstić information content (AvgIpc) is 3.15. The highest BCUT2D eigenvalue weighted by molar-refractivity contribution is 5.89. The van der Waals surface area contributed by atoms with Gasteiger partial charge in [0.05, 0.1) is 5.56 Å². The molecule has 0 spiro atoms. The Morgan fingerprint density at radius 2 is 1.84 bits per heavy atom. The number of hydrogen-bond donors (Lipinski definition) is 0. The van der Waals surface area contributed by atoms with E-state index in [0.29, 0.717) is 28.9 Å². The minimum atomic E-state index is -0.852. The minimum Gasteiger partial charge on any atom is -0.485 e. The van der Waals surface area contributed by atoms with Crippen LogP contribution in [0.4, 0.5) is 0 Å². The fraction of sp³-hybridized carbons (Fsp3) is 0.308. The Labute approximate surface area is 181 Å². The zero-order valence-electron chi connectivity index (χ0n) is 18.2. The number of benzene rings is 2. The Morgan fingerprint density at radius 1 is 1.13 bits per heavy atom. The first kappa shape index (κ1) is 20.9. The first-order chi connectivity index (χ1) is 14.6. The largest absolute Gasteiger partial charge is 0.485 e. The molecule has 3 aromatic rings. The van der Waals surface area contributed by atoms with Crippen LogP contribution >= 0.6 is 0 Å². The lowest BCUT2D eigenvalue weighted by atomic mass is 9.85. The van der Waals surface area contributed by atoms with Gasteiger partial charge in [-0.2, -0.15) is 0 Å². The Kier molecular flexibility index (Phi) is 5.00. The van der Waals surface area contributed by atoms with E-state index < -0.39 is 17.0 Å². The van der Waals surface area contributed by atoms with E-state index in [-0.39, 0.29) is 11.7 Å². The molecular formula is C26H26O5. The monoisotopic (exact) mass is 418 g/mol. The lowest BCUT2D eigenvalue weighted by Gasteiger charge is -2.30. The van der Waals surface area contributed by atoms with Crippen LogP contribution in [0.5, 0.6) is 5.75 Å². The van der Waals surface area contributed by atoms with Crippen molar-refractivity contribution in [1.29, 1.82) is 0 Å². The van der Waals surface area contributed by atoms with Crippen molar-refractivity contribution in [1.82, 2.24) is 0 Å². The van der Waals surface area contributed by atoms with E-state index in [0.717, 1.165) is 10.9 Å². The van der Waals surface area contributed by atoms with Gasteiger partial charge in [0.1, 0.15) is 23.0 Å².